The van der Waals surface area contributed by atoms with Gasteiger partial charge in [-0.25, -0.2) is 0 Å². The second-order valence-electron chi connectivity index (χ2n) is 12.3. The van der Waals surface area contributed by atoms with Crippen molar-refractivity contribution in [2.75, 3.05) is 13.2 Å². The quantitative estimate of drug-likeness (QED) is 0.0438. The number of esters is 2. The maximum absolute atomic E-state index is 12.1. The monoisotopic (exact) mass is 643 g/mol. The third-order valence-corrected chi connectivity index (χ3v) is 7.83. The molecule has 0 aromatic carbocycles. The van der Waals surface area contributed by atoms with Crippen molar-refractivity contribution in [3.63, 3.8) is 0 Å². The van der Waals surface area contributed by atoms with Gasteiger partial charge in [0, 0.05) is 12.8 Å². The first kappa shape index (κ1) is 43.6. The standard InChI is InChI=1S/C41H70O5/c1-3-5-7-9-11-13-15-17-19-20-22-24-26-28-30-32-34-36-41(44)46-39(37-42)38-45-40(43)35-33-31-29-27-25-23-21-18-16-14-12-10-8-6-4-2/h5,7,11,13,17,19,22,24,28,30,39,42H,3-4,6,8-10,12,14-16,18,20-21,23,25-27,29,31-38H2,1-2H3/b7-5-,13-11-,19-17-,24-22-,30-28-. The molecule has 0 rings (SSSR count). The lowest BCUT2D eigenvalue weighted by atomic mass is 10.0. The molecule has 0 bridgehead atoms. The summed E-state index contributed by atoms with van der Waals surface area (Å²) in [4.78, 5) is 24.2. The van der Waals surface area contributed by atoms with Gasteiger partial charge in [-0.2, -0.15) is 0 Å². The van der Waals surface area contributed by atoms with Crippen LogP contribution >= 0.6 is 0 Å². The number of ether oxygens (including phenoxy) is 2. The van der Waals surface area contributed by atoms with Crippen molar-refractivity contribution in [1.82, 2.24) is 0 Å². The second kappa shape index (κ2) is 37.1. The van der Waals surface area contributed by atoms with E-state index in [9.17, 15) is 14.7 Å². The smallest absolute Gasteiger partial charge is 0.306 e. The second-order valence-corrected chi connectivity index (χ2v) is 12.3. The molecule has 1 atom stereocenters. The fourth-order valence-corrected chi connectivity index (χ4v) is 5.00. The zero-order chi connectivity index (χ0) is 33.6. The predicted molar refractivity (Wildman–Crippen MR) is 196 cm³/mol. The molecule has 0 fully saturated rings. The van der Waals surface area contributed by atoms with Crippen molar-refractivity contribution >= 4 is 11.9 Å². The average molecular weight is 643 g/mol. The lowest BCUT2D eigenvalue weighted by Gasteiger charge is -2.15. The summed E-state index contributed by atoms with van der Waals surface area (Å²) in [6.07, 6.45) is 47.1. The normalized spacial score (nSPS) is 12.8. The molecule has 0 aliphatic heterocycles. The highest BCUT2D eigenvalue weighted by Crippen LogP contribution is 2.14. The molecule has 5 nitrogen and oxygen atoms in total. The van der Waals surface area contributed by atoms with Crippen LogP contribution in [0.25, 0.3) is 0 Å². The molecule has 0 aromatic rings. The molecule has 0 saturated carbocycles. The van der Waals surface area contributed by atoms with Gasteiger partial charge in [0.2, 0.25) is 0 Å². The van der Waals surface area contributed by atoms with Crippen LogP contribution in [0.4, 0.5) is 0 Å². The zero-order valence-electron chi connectivity index (χ0n) is 29.8. The molecular formula is C41H70O5. The van der Waals surface area contributed by atoms with Gasteiger partial charge in [-0.1, -0.05) is 164 Å². The molecule has 46 heavy (non-hydrogen) atoms. The van der Waals surface area contributed by atoms with Gasteiger partial charge in [0.25, 0.3) is 0 Å². The van der Waals surface area contributed by atoms with E-state index in [-0.39, 0.29) is 31.6 Å². The molecule has 0 aliphatic rings. The van der Waals surface area contributed by atoms with E-state index in [1.807, 2.05) is 0 Å². The lowest BCUT2D eigenvalue weighted by Crippen LogP contribution is -2.28. The van der Waals surface area contributed by atoms with Crippen LogP contribution in [0.2, 0.25) is 0 Å². The van der Waals surface area contributed by atoms with Gasteiger partial charge in [-0.05, 0) is 51.4 Å². The third-order valence-electron chi connectivity index (χ3n) is 7.83. The topological polar surface area (TPSA) is 72.8 Å². The molecule has 264 valence electrons. The highest BCUT2D eigenvalue weighted by molar-refractivity contribution is 5.70. The van der Waals surface area contributed by atoms with E-state index < -0.39 is 6.10 Å². The lowest BCUT2D eigenvalue weighted by molar-refractivity contribution is -0.161. The van der Waals surface area contributed by atoms with Crippen LogP contribution in [0.3, 0.4) is 0 Å². The Labute approximate surface area is 283 Å². The molecule has 0 radical (unpaired) electrons. The molecule has 0 heterocycles. The largest absolute Gasteiger partial charge is 0.462 e. The Morgan fingerprint density at radius 1 is 0.522 bits per heavy atom. The van der Waals surface area contributed by atoms with Gasteiger partial charge < -0.3 is 14.6 Å². The summed E-state index contributed by atoms with van der Waals surface area (Å²) < 4.78 is 10.5. The van der Waals surface area contributed by atoms with E-state index in [1.54, 1.807) is 0 Å². The van der Waals surface area contributed by atoms with E-state index in [0.717, 1.165) is 57.8 Å². The van der Waals surface area contributed by atoms with Gasteiger partial charge >= 0.3 is 11.9 Å². The average Bonchev–Trinajstić information content (AvgIpc) is 3.06. The number of carbonyl (C=O) groups is 2. The van der Waals surface area contributed by atoms with Crippen molar-refractivity contribution in [1.29, 1.82) is 0 Å². The number of aliphatic hydroxyl groups excluding tert-OH is 1. The molecule has 5 heteroatoms. The summed E-state index contributed by atoms with van der Waals surface area (Å²) in [5.41, 5.74) is 0. The minimum atomic E-state index is -0.800. The molecule has 0 amide bonds. The van der Waals surface area contributed by atoms with Crippen LogP contribution in [0.1, 0.15) is 168 Å². The Kier molecular flexibility index (Phi) is 35.1. The van der Waals surface area contributed by atoms with Crippen molar-refractivity contribution in [2.45, 2.75) is 174 Å². The van der Waals surface area contributed by atoms with Crippen LogP contribution in [-0.4, -0.2) is 36.4 Å². The molecule has 0 aromatic heterocycles. The highest BCUT2D eigenvalue weighted by atomic mass is 16.6. The Hall–Kier alpha value is -2.40. The molecule has 0 spiro atoms. The van der Waals surface area contributed by atoms with E-state index in [0.29, 0.717) is 12.8 Å². The number of carbonyl (C=O) groups excluding carboxylic acids is 2. The fourth-order valence-electron chi connectivity index (χ4n) is 5.00. The zero-order valence-corrected chi connectivity index (χ0v) is 29.8. The molecular weight excluding hydrogens is 572 g/mol. The van der Waals surface area contributed by atoms with Crippen LogP contribution in [0, 0.1) is 0 Å². The van der Waals surface area contributed by atoms with E-state index in [1.165, 1.54) is 77.0 Å². The minimum Gasteiger partial charge on any atom is -0.462 e. The molecule has 1 N–H and O–H groups in total. The van der Waals surface area contributed by atoms with Gasteiger partial charge in [-0.15, -0.1) is 0 Å². The van der Waals surface area contributed by atoms with Gasteiger partial charge in [-0.3, -0.25) is 9.59 Å². The number of rotatable bonds is 33. The Morgan fingerprint density at radius 3 is 1.39 bits per heavy atom. The van der Waals surface area contributed by atoms with Crippen LogP contribution in [0.15, 0.2) is 60.8 Å². The number of unbranched alkanes of at least 4 members (excludes halogenated alkanes) is 15. The Morgan fingerprint density at radius 2 is 0.935 bits per heavy atom. The predicted octanol–water partition coefficient (Wildman–Crippen LogP) is 11.6. The third kappa shape index (κ3) is 34.5. The summed E-state index contributed by atoms with van der Waals surface area (Å²) in [7, 11) is 0. The van der Waals surface area contributed by atoms with E-state index in [2.05, 4.69) is 74.6 Å². The Bertz CT molecular complexity index is 823. The van der Waals surface area contributed by atoms with E-state index >= 15 is 0 Å². The maximum Gasteiger partial charge on any atom is 0.306 e. The summed E-state index contributed by atoms with van der Waals surface area (Å²) in [5.74, 6) is -0.660. The highest BCUT2D eigenvalue weighted by Gasteiger charge is 2.15. The van der Waals surface area contributed by atoms with Crippen LogP contribution in [0.5, 0.6) is 0 Å². The first-order chi connectivity index (χ1) is 22.6. The van der Waals surface area contributed by atoms with Crippen molar-refractivity contribution in [2.24, 2.45) is 0 Å². The van der Waals surface area contributed by atoms with Gasteiger partial charge in [0.15, 0.2) is 6.10 Å². The number of hydrogen-bond acceptors (Lipinski definition) is 5. The van der Waals surface area contributed by atoms with Crippen molar-refractivity contribution in [3.8, 4) is 0 Å². The SMILES string of the molecule is CC/C=C\C/C=C\C/C=C\C/C=C\C/C=C\CCCC(=O)OC(CO)COC(=O)CCCCCCCCCCCCCCCCC. The maximum atomic E-state index is 12.1. The van der Waals surface area contributed by atoms with Crippen molar-refractivity contribution < 1.29 is 24.2 Å². The first-order valence-electron chi connectivity index (χ1n) is 18.8. The first-order valence-corrected chi connectivity index (χ1v) is 18.8. The van der Waals surface area contributed by atoms with Gasteiger partial charge in [0.05, 0.1) is 6.61 Å². The fraction of sp³-hybridized carbons (Fsp3) is 0.707. The number of allylic oxidation sites excluding steroid dienone is 10. The van der Waals surface area contributed by atoms with Crippen LogP contribution in [-0.2, 0) is 19.1 Å². The van der Waals surface area contributed by atoms with Crippen molar-refractivity contribution in [3.05, 3.63) is 60.8 Å². The molecule has 1 unspecified atom stereocenters. The van der Waals surface area contributed by atoms with Crippen LogP contribution < -0.4 is 0 Å². The molecule has 0 aliphatic carbocycles. The molecule has 0 saturated heterocycles. The summed E-state index contributed by atoms with van der Waals surface area (Å²) >= 11 is 0. The van der Waals surface area contributed by atoms with E-state index in [4.69, 9.17) is 9.47 Å². The number of hydrogen-bond donors (Lipinski definition) is 1. The summed E-state index contributed by atoms with van der Waals surface area (Å²) in [6, 6.07) is 0. The number of aliphatic hydroxyl groups is 1. The van der Waals surface area contributed by atoms with Gasteiger partial charge in [0.1, 0.15) is 6.61 Å². The minimum absolute atomic E-state index is 0.0887. The summed E-state index contributed by atoms with van der Waals surface area (Å²) in [6.45, 7) is 3.97. The Balaban J connectivity index is 3.67. The summed E-state index contributed by atoms with van der Waals surface area (Å²) in [5, 5.41) is 9.53.